The molecule has 5 heteroatoms. The molecule has 1 nitrogen and oxygen atoms in total. The minimum Gasteiger partial charge on any atom is -0.310 e. The lowest BCUT2D eigenvalue weighted by molar-refractivity contribution is 0.615. The highest BCUT2D eigenvalue weighted by molar-refractivity contribution is 7.99. The molecule has 1 saturated carbocycles. The summed E-state index contributed by atoms with van der Waals surface area (Å²) in [5.41, 5.74) is 0.947. The summed E-state index contributed by atoms with van der Waals surface area (Å²) in [5, 5.41) is 4.62. The van der Waals surface area contributed by atoms with Gasteiger partial charge in [-0.25, -0.2) is 4.39 Å². The molecule has 21 heavy (non-hydrogen) atoms. The maximum atomic E-state index is 13.8. The summed E-state index contributed by atoms with van der Waals surface area (Å²) in [6.07, 6.45) is 2.43. The first-order valence-corrected chi connectivity index (χ1v) is 8.33. The lowest BCUT2D eigenvalue weighted by atomic mass is 10.2. The summed E-state index contributed by atoms with van der Waals surface area (Å²) < 4.78 is 13.8. The van der Waals surface area contributed by atoms with Gasteiger partial charge in [-0.3, -0.25) is 0 Å². The molecule has 0 radical (unpaired) electrons. The maximum Gasteiger partial charge on any atom is 0.124 e. The van der Waals surface area contributed by atoms with Crippen LogP contribution >= 0.6 is 35.0 Å². The van der Waals surface area contributed by atoms with Gasteiger partial charge in [-0.05, 0) is 54.8 Å². The molecular formula is C16H14Cl2FNS. The van der Waals surface area contributed by atoms with Crippen LogP contribution in [0.3, 0.4) is 0 Å². The van der Waals surface area contributed by atoms with Crippen LogP contribution < -0.4 is 5.32 Å². The Bertz CT molecular complexity index is 659. The molecule has 0 amide bonds. The van der Waals surface area contributed by atoms with Crippen LogP contribution in [0, 0.1) is 5.82 Å². The molecule has 0 heterocycles. The van der Waals surface area contributed by atoms with Gasteiger partial charge in [0.05, 0.1) is 5.02 Å². The molecule has 0 aliphatic heterocycles. The van der Waals surface area contributed by atoms with Crippen molar-refractivity contribution in [3.63, 3.8) is 0 Å². The zero-order valence-electron chi connectivity index (χ0n) is 11.2. The van der Waals surface area contributed by atoms with E-state index in [1.54, 1.807) is 24.3 Å². The molecule has 2 aromatic rings. The Morgan fingerprint density at radius 3 is 2.71 bits per heavy atom. The van der Waals surface area contributed by atoms with Crippen LogP contribution in [-0.2, 0) is 6.54 Å². The van der Waals surface area contributed by atoms with Gasteiger partial charge in [0, 0.05) is 27.4 Å². The Hall–Kier alpha value is -0.740. The van der Waals surface area contributed by atoms with E-state index in [1.165, 1.54) is 30.7 Å². The largest absolute Gasteiger partial charge is 0.310 e. The second kappa shape index (κ2) is 6.57. The lowest BCUT2D eigenvalue weighted by Gasteiger charge is -2.08. The van der Waals surface area contributed by atoms with Crippen molar-refractivity contribution in [1.82, 2.24) is 5.32 Å². The molecule has 1 N–H and O–H groups in total. The fraction of sp³-hybridized carbons (Fsp3) is 0.250. The van der Waals surface area contributed by atoms with Crippen LogP contribution in [0.5, 0.6) is 0 Å². The summed E-state index contributed by atoms with van der Waals surface area (Å²) in [5.74, 6) is -0.231. The molecule has 0 spiro atoms. The molecule has 1 aliphatic rings. The number of benzene rings is 2. The van der Waals surface area contributed by atoms with Crippen molar-refractivity contribution in [2.75, 3.05) is 0 Å². The fourth-order valence-corrected chi connectivity index (χ4v) is 3.47. The highest BCUT2D eigenvalue weighted by Crippen LogP contribution is 2.35. The number of halogens is 3. The summed E-state index contributed by atoms with van der Waals surface area (Å²) in [6.45, 7) is 0.694. The van der Waals surface area contributed by atoms with Gasteiger partial charge >= 0.3 is 0 Å². The molecule has 0 aromatic heterocycles. The van der Waals surface area contributed by atoms with Crippen molar-refractivity contribution >= 4 is 35.0 Å². The molecule has 1 aliphatic carbocycles. The maximum absolute atomic E-state index is 13.8. The first-order valence-electron chi connectivity index (χ1n) is 6.76. The SMILES string of the molecule is Fc1cc(CNC2CC2)cc(Sc2cc(Cl)ccc2Cl)c1. The Balaban J connectivity index is 1.78. The summed E-state index contributed by atoms with van der Waals surface area (Å²) in [6, 6.07) is 11.0. The van der Waals surface area contributed by atoms with Gasteiger partial charge in [0.25, 0.3) is 0 Å². The van der Waals surface area contributed by atoms with Gasteiger partial charge in [0.2, 0.25) is 0 Å². The molecule has 0 saturated heterocycles. The topological polar surface area (TPSA) is 12.0 Å². The van der Waals surface area contributed by atoms with Crippen LogP contribution in [-0.4, -0.2) is 6.04 Å². The van der Waals surface area contributed by atoms with E-state index in [4.69, 9.17) is 23.2 Å². The van der Waals surface area contributed by atoms with Gasteiger partial charge in [0.15, 0.2) is 0 Å². The van der Waals surface area contributed by atoms with Crippen LogP contribution in [0.4, 0.5) is 4.39 Å². The molecule has 3 rings (SSSR count). The first-order chi connectivity index (χ1) is 10.1. The average molecular weight is 342 g/mol. The number of hydrogen-bond donors (Lipinski definition) is 1. The molecule has 0 bridgehead atoms. The molecule has 1 fully saturated rings. The van der Waals surface area contributed by atoms with Gasteiger partial charge in [-0.1, -0.05) is 35.0 Å². The first kappa shape index (κ1) is 15.2. The Morgan fingerprint density at radius 1 is 1.14 bits per heavy atom. The van der Waals surface area contributed by atoms with E-state index in [0.29, 0.717) is 22.6 Å². The van der Waals surface area contributed by atoms with Crippen LogP contribution in [0.15, 0.2) is 46.2 Å². The van der Waals surface area contributed by atoms with Crippen LogP contribution in [0.25, 0.3) is 0 Å². The Morgan fingerprint density at radius 2 is 1.95 bits per heavy atom. The van der Waals surface area contributed by atoms with Crippen LogP contribution in [0.1, 0.15) is 18.4 Å². The zero-order valence-corrected chi connectivity index (χ0v) is 13.5. The van der Waals surface area contributed by atoms with Crippen LogP contribution in [0.2, 0.25) is 10.0 Å². The Kier molecular flexibility index (Phi) is 4.75. The van der Waals surface area contributed by atoms with E-state index in [9.17, 15) is 4.39 Å². The summed E-state index contributed by atoms with van der Waals surface area (Å²) in [4.78, 5) is 1.66. The Labute approximate surface area is 137 Å². The standard InChI is InChI=1S/C16H14Cl2FNS/c17-11-1-4-15(18)16(7-11)21-14-6-10(5-12(19)8-14)9-20-13-2-3-13/h1,4-8,13,20H,2-3,9H2. The highest BCUT2D eigenvalue weighted by Gasteiger charge is 2.20. The molecule has 2 aromatic carbocycles. The van der Waals surface area contributed by atoms with Crippen molar-refractivity contribution in [2.45, 2.75) is 35.2 Å². The number of nitrogens with one attached hydrogen (secondary N) is 1. The minimum absolute atomic E-state index is 0.231. The molecular weight excluding hydrogens is 328 g/mol. The van der Waals surface area contributed by atoms with Crippen molar-refractivity contribution in [3.8, 4) is 0 Å². The van der Waals surface area contributed by atoms with E-state index in [1.807, 2.05) is 6.07 Å². The van der Waals surface area contributed by atoms with Gasteiger partial charge in [-0.15, -0.1) is 0 Å². The highest BCUT2D eigenvalue weighted by atomic mass is 35.5. The van der Waals surface area contributed by atoms with E-state index in [0.717, 1.165) is 15.4 Å². The van der Waals surface area contributed by atoms with Crippen molar-refractivity contribution in [1.29, 1.82) is 0 Å². The molecule has 0 unspecified atom stereocenters. The molecule has 0 atom stereocenters. The lowest BCUT2D eigenvalue weighted by Crippen LogP contribution is -2.15. The van der Waals surface area contributed by atoms with E-state index >= 15 is 0 Å². The summed E-state index contributed by atoms with van der Waals surface area (Å²) >= 11 is 13.6. The third kappa shape index (κ3) is 4.36. The van der Waals surface area contributed by atoms with Gasteiger partial charge in [-0.2, -0.15) is 0 Å². The van der Waals surface area contributed by atoms with E-state index in [-0.39, 0.29) is 5.82 Å². The quantitative estimate of drug-likeness (QED) is 0.766. The number of hydrogen-bond acceptors (Lipinski definition) is 2. The second-order valence-electron chi connectivity index (χ2n) is 5.13. The third-order valence-corrected chi connectivity index (χ3v) is 4.93. The van der Waals surface area contributed by atoms with E-state index in [2.05, 4.69) is 5.32 Å². The summed E-state index contributed by atoms with van der Waals surface area (Å²) in [7, 11) is 0. The smallest absolute Gasteiger partial charge is 0.124 e. The van der Waals surface area contributed by atoms with Crippen molar-refractivity contribution in [3.05, 3.63) is 57.8 Å². The zero-order chi connectivity index (χ0) is 14.8. The van der Waals surface area contributed by atoms with Gasteiger partial charge < -0.3 is 5.32 Å². The monoisotopic (exact) mass is 341 g/mol. The van der Waals surface area contributed by atoms with Crippen molar-refractivity contribution in [2.24, 2.45) is 0 Å². The van der Waals surface area contributed by atoms with Crippen molar-refractivity contribution < 1.29 is 4.39 Å². The normalized spacial score (nSPS) is 14.4. The predicted molar refractivity (Wildman–Crippen MR) is 86.8 cm³/mol. The van der Waals surface area contributed by atoms with E-state index < -0.39 is 0 Å². The second-order valence-corrected chi connectivity index (χ2v) is 7.09. The average Bonchev–Trinajstić information content (AvgIpc) is 3.24. The minimum atomic E-state index is -0.231. The third-order valence-electron chi connectivity index (χ3n) is 3.22. The van der Waals surface area contributed by atoms with Gasteiger partial charge in [0.1, 0.15) is 5.82 Å². The predicted octanol–water partition coefficient (Wildman–Crippen LogP) is 5.54. The number of rotatable bonds is 5. The molecule has 110 valence electrons. The fourth-order valence-electron chi connectivity index (χ4n) is 2.01.